The van der Waals surface area contributed by atoms with E-state index in [1.165, 1.54) is 18.4 Å². The first-order valence-electron chi connectivity index (χ1n) is 8.29. The maximum Gasteiger partial charge on any atom is 0.467 e. The summed E-state index contributed by atoms with van der Waals surface area (Å²) in [5.41, 5.74) is -0.562. The summed E-state index contributed by atoms with van der Waals surface area (Å²) in [4.78, 5) is 24.6. The topological polar surface area (TPSA) is 71.1 Å². The van der Waals surface area contributed by atoms with Crippen molar-refractivity contribution < 1.29 is 28.4 Å². The monoisotopic (exact) mass is 368 g/mol. The Labute approximate surface area is 152 Å². The van der Waals surface area contributed by atoms with E-state index >= 15 is 0 Å². The first-order chi connectivity index (χ1) is 11.6. The third kappa shape index (κ3) is 4.24. The fourth-order valence-electron chi connectivity index (χ4n) is 2.56. The van der Waals surface area contributed by atoms with Gasteiger partial charge in [-0.3, -0.25) is 4.79 Å². The van der Waals surface area contributed by atoms with Gasteiger partial charge in [0.15, 0.2) is 0 Å². The van der Waals surface area contributed by atoms with Gasteiger partial charge in [0.25, 0.3) is 0 Å². The van der Waals surface area contributed by atoms with Crippen LogP contribution in [-0.2, 0) is 23.6 Å². The maximum atomic E-state index is 12.1. The number of thiophene rings is 1. The second kappa shape index (κ2) is 7.47. The van der Waals surface area contributed by atoms with Crippen LogP contribution in [0.4, 0.5) is 0 Å². The lowest BCUT2D eigenvalue weighted by molar-refractivity contribution is -0.143. The van der Waals surface area contributed by atoms with Crippen molar-refractivity contribution in [3.63, 3.8) is 0 Å². The minimum Gasteiger partial charge on any atom is -0.466 e. The quantitative estimate of drug-likeness (QED) is 0.567. The summed E-state index contributed by atoms with van der Waals surface area (Å²) in [7, 11) is 0.739. The summed E-state index contributed by atoms with van der Waals surface area (Å²) in [5, 5.41) is 1.71. The van der Waals surface area contributed by atoms with E-state index in [2.05, 4.69) is 0 Å². The fourth-order valence-corrected chi connectivity index (χ4v) is 3.55. The molecule has 2 heterocycles. The van der Waals surface area contributed by atoms with E-state index in [9.17, 15) is 9.59 Å². The summed E-state index contributed by atoms with van der Waals surface area (Å²) < 4.78 is 22.1. The van der Waals surface area contributed by atoms with Crippen LogP contribution in [0.15, 0.2) is 11.4 Å². The van der Waals surface area contributed by atoms with Gasteiger partial charge in [-0.05, 0) is 40.7 Å². The SMILES string of the molecule is CCOC(=O)CC(B1OC(C)(C)C(C)(C)O1)c1cc(C(=O)OC)cs1. The van der Waals surface area contributed by atoms with Crippen LogP contribution >= 0.6 is 11.3 Å². The number of rotatable bonds is 6. The lowest BCUT2D eigenvalue weighted by Gasteiger charge is -2.32. The predicted octanol–water partition coefficient (Wildman–Crippen LogP) is 3.20. The number of methoxy groups -OCH3 is 1. The summed E-state index contributed by atoms with van der Waals surface area (Å²) in [6.45, 7) is 9.92. The molecule has 138 valence electrons. The summed E-state index contributed by atoms with van der Waals surface area (Å²) in [6, 6.07) is 1.73. The predicted molar refractivity (Wildman–Crippen MR) is 95.7 cm³/mol. The second-order valence-electron chi connectivity index (χ2n) is 6.97. The standard InChI is InChI=1S/C17H25BO6S/c1-7-22-14(19)9-12(13-8-11(10-25-13)15(20)21-6)18-23-16(2,3)17(4,5)24-18/h8,10,12H,7,9H2,1-6H3. The van der Waals surface area contributed by atoms with Gasteiger partial charge in [0.05, 0.1) is 36.9 Å². The third-order valence-corrected chi connectivity index (χ3v) is 5.76. The molecule has 2 rings (SSSR count). The van der Waals surface area contributed by atoms with Crippen LogP contribution in [0.2, 0.25) is 0 Å². The van der Waals surface area contributed by atoms with Crippen LogP contribution in [0.5, 0.6) is 0 Å². The van der Waals surface area contributed by atoms with Gasteiger partial charge >= 0.3 is 19.1 Å². The van der Waals surface area contributed by atoms with E-state index in [4.69, 9.17) is 18.8 Å². The lowest BCUT2D eigenvalue weighted by Crippen LogP contribution is -2.41. The van der Waals surface area contributed by atoms with Crippen LogP contribution in [-0.4, -0.2) is 44.0 Å². The zero-order valence-corrected chi connectivity index (χ0v) is 16.4. The highest BCUT2D eigenvalue weighted by molar-refractivity contribution is 7.10. The molecule has 0 spiro atoms. The molecule has 1 aromatic rings. The van der Waals surface area contributed by atoms with Crippen LogP contribution in [0, 0.1) is 0 Å². The Bertz CT molecular complexity index is 623. The van der Waals surface area contributed by atoms with Gasteiger partial charge < -0.3 is 18.8 Å². The average molecular weight is 368 g/mol. The molecule has 1 aliphatic heterocycles. The highest BCUT2D eigenvalue weighted by Gasteiger charge is 2.54. The van der Waals surface area contributed by atoms with Crippen molar-refractivity contribution in [3.8, 4) is 0 Å². The Morgan fingerprint density at radius 2 is 1.84 bits per heavy atom. The molecule has 1 atom stereocenters. The molecule has 0 radical (unpaired) electrons. The summed E-state index contributed by atoms with van der Waals surface area (Å²) in [5.74, 6) is -1.09. The first kappa shape index (κ1) is 19.9. The molecule has 0 aromatic carbocycles. The van der Waals surface area contributed by atoms with Gasteiger partial charge in [-0.2, -0.15) is 0 Å². The number of hydrogen-bond acceptors (Lipinski definition) is 7. The van der Waals surface area contributed by atoms with E-state index in [-0.39, 0.29) is 18.2 Å². The number of esters is 2. The van der Waals surface area contributed by atoms with Gasteiger partial charge in [-0.1, -0.05) is 0 Å². The van der Waals surface area contributed by atoms with E-state index < -0.39 is 24.3 Å². The van der Waals surface area contributed by atoms with E-state index in [1.54, 1.807) is 18.4 Å². The van der Waals surface area contributed by atoms with Gasteiger partial charge in [-0.25, -0.2) is 4.79 Å². The Hall–Kier alpha value is -1.38. The zero-order chi connectivity index (χ0) is 18.8. The van der Waals surface area contributed by atoms with Crippen molar-refractivity contribution in [1.82, 2.24) is 0 Å². The van der Waals surface area contributed by atoms with Crippen molar-refractivity contribution in [1.29, 1.82) is 0 Å². The highest BCUT2D eigenvalue weighted by atomic mass is 32.1. The van der Waals surface area contributed by atoms with Crippen molar-refractivity contribution in [2.75, 3.05) is 13.7 Å². The Morgan fingerprint density at radius 1 is 1.24 bits per heavy atom. The van der Waals surface area contributed by atoms with Gasteiger partial charge in [0.1, 0.15) is 0 Å². The summed E-state index contributed by atoms with van der Waals surface area (Å²) in [6.07, 6.45) is 0.117. The molecule has 0 saturated carbocycles. The minimum absolute atomic E-state index is 0.117. The molecular formula is C17H25BO6S. The molecule has 6 nitrogen and oxygen atoms in total. The number of ether oxygens (including phenoxy) is 2. The Balaban J connectivity index is 2.29. The largest absolute Gasteiger partial charge is 0.467 e. The summed E-state index contributed by atoms with van der Waals surface area (Å²) >= 11 is 1.38. The molecule has 1 fully saturated rings. The molecular weight excluding hydrogens is 343 g/mol. The lowest BCUT2D eigenvalue weighted by atomic mass is 9.69. The van der Waals surface area contributed by atoms with Crippen LogP contribution < -0.4 is 0 Å². The van der Waals surface area contributed by atoms with Crippen molar-refractivity contribution in [2.45, 2.75) is 58.1 Å². The molecule has 0 amide bonds. The van der Waals surface area contributed by atoms with Crippen LogP contribution in [0.1, 0.15) is 62.1 Å². The number of hydrogen-bond donors (Lipinski definition) is 0. The van der Waals surface area contributed by atoms with Gasteiger partial charge in [0.2, 0.25) is 0 Å². The van der Waals surface area contributed by atoms with Crippen LogP contribution in [0.25, 0.3) is 0 Å². The van der Waals surface area contributed by atoms with Gasteiger partial charge in [-0.15, -0.1) is 11.3 Å². The molecule has 8 heteroatoms. The smallest absolute Gasteiger partial charge is 0.466 e. The Morgan fingerprint density at radius 3 is 2.36 bits per heavy atom. The number of carbonyl (C=O) groups is 2. The van der Waals surface area contributed by atoms with E-state index in [0.717, 1.165) is 4.88 Å². The van der Waals surface area contributed by atoms with E-state index in [1.807, 2.05) is 27.7 Å². The van der Waals surface area contributed by atoms with Crippen LogP contribution in [0.3, 0.4) is 0 Å². The molecule has 1 aromatic heterocycles. The molecule has 25 heavy (non-hydrogen) atoms. The highest BCUT2D eigenvalue weighted by Crippen LogP contribution is 2.43. The molecule has 1 aliphatic rings. The fraction of sp³-hybridized carbons (Fsp3) is 0.647. The molecule has 1 saturated heterocycles. The zero-order valence-electron chi connectivity index (χ0n) is 15.6. The first-order valence-corrected chi connectivity index (χ1v) is 9.17. The molecule has 0 N–H and O–H groups in total. The minimum atomic E-state index is -0.599. The Kier molecular flexibility index (Phi) is 5.96. The average Bonchev–Trinajstić information content (AvgIpc) is 3.07. The molecule has 0 aliphatic carbocycles. The normalized spacial score (nSPS) is 19.5. The maximum absolute atomic E-state index is 12.1. The second-order valence-corrected chi connectivity index (χ2v) is 7.91. The third-order valence-electron chi connectivity index (χ3n) is 4.70. The van der Waals surface area contributed by atoms with Gasteiger partial charge in [0, 0.05) is 16.1 Å². The molecule has 0 bridgehead atoms. The van der Waals surface area contributed by atoms with E-state index in [0.29, 0.717) is 12.2 Å². The van der Waals surface area contributed by atoms with Crippen molar-refractivity contribution in [3.05, 3.63) is 21.9 Å². The molecule has 1 unspecified atom stereocenters. The number of carbonyl (C=O) groups excluding carboxylic acids is 2. The van der Waals surface area contributed by atoms with Crippen molar-refractivity contribution in [2.24, 2.45) is 0 Å². The van der Waals surface area contributed by atoms with Crippen molar-refractivity contribution >= 4 is 30.4 Å².